The van der Waals surface area contributed by atoms with Crippen molar-refractivity contribution in [3.63, 3.8) is 0 Å². The van der Waals surface area contributed by atoms with Gasteiger partial charge in [-0.3, -0.25) is 4.79 Å². The van der Waals surface area contributed by atoms with Crippen LogP contribution in [0.2, 0.25) is 0 Å². The van der Waals surface area contributed by atoms with Gasteiger partial charge in [0, 0.05) is 39.2 Å². The van der Waals surface area contributed by atoms with E-state index < -0.39 is 12.1 Å². The first-order valence-corrected chi connectivity index (χ1v) is 14.7. The average Bonchev–Trinajstić information content (AvgIpc) is 2.93. The second kappa shape index (κ2) is 17.8. The molecule has 230 valence electrons. The fraction of sp³-hybridized carbons (Fsp3) is 0.774. The third kappa shape index (κ3) is 11.2. The number of methoxy groups -OCH3 is 3. The first-order valence-electron chi connectivity index (χ1n) is 14.7. The quantitative estimate of drug-likeness (QED) is 0.231. The predicted octanol–water partition coefficient (Wildman–Crippen LogP) is 3.59. The van der Waals surface area contributed by atoms with Crippen molar-refractivity contribution < 1.29 is 33.6 Å². The van der Waals surface area contributed by atoms with Crippen LogP contribution in [0.15, 0.2) is 18.2 Å². The number of carbonyl (C=O) groups is 1. The number of aliphatic hydroxyl groups is 1. The highest BCUT2D eigenvalue weighted by Crippen LogP contribution is 2.32. The lowest BCUT2D eigenvalue weighted by Crippen LogP contribution is -2.49. The molecule has 0 bridgehead atoms. The van der Waals surface area contributed by atoms with Crippen molar-refractivity contribution in [3.05, 3.63) is 23.8 Å². The van der Waals surface area contributed by atoms with E-state index in [0.717, 1.165) is 24.8 Å². The van der Waals surface area contributed by atoms with Crippen molar-refractivity contribution in [2.75, 3.05) is 47.8 Å². The van der Waals surface area contributed by atoms with Crippen LogP contribution in [-0.4, -0.2) is 83.1 Å². The Labute approximate surface area is 241 Å². The van der Waals surface area contributed by atoms with Crippen molar-refractivity contribution in [1.82, 2.24) is 5.32 Å². The van der Waals surface area contributed by atoms with Gasteiger partial charge in [0.1, 0.15) is 0 Å². The van der Waals surface area contributed by atoms with Crippen LogP contribution in [0, 0.1) is 23.7 Å². The highest BCUT2D eigenvalue weighted by Gasteiger charge is 2.32. The summed E-state index contributed by atoms with van der Waals surface area (Å²) in [4.78, 5) is 13.2. The smallest absolute Gasteiger partial charge is 0.223 e. The molecule has 1 aliphatic rings. The van der Waals surface area contributed by atoms with E-state index in [1.165, 1.54) is 0 Å². The third-order valence-electron chi connectivity index (χ3n) is 7.98. The number of rotatable bonds is 18. The molecule has 9 nitrogen and oxygen atoms in total. The number of carbonyl (C=O) groups excluding carboxylic acids is 1. The Bertz CT molecular complexity index is 866. The minimum Gasteiger partial charge on any atom is -0.493 e. The van der Waals surface area contributed by atoms with Gasteiger partial charge in [-0.15, -0.1) is 0 Å². The van der Waals surface area contributed by atoms with Gasteiger partial charge in [0.15, 0.2) is 11.5 Å². The first-order chi connectivity index (χ1) is 19.1. The second-order valence-electron chi connectivity index (χ2n) is 11.8. The highest BCUT2D eigenvalue weighted by molar-refractivity contribution is 5.79. The van der Waals surface area contributed by atoms with Gasteiger partial charge >= 0.3 is 0 Å². The van der Waals surface area contributed by atoms with Crippen molar-refractivity contribution in [1.29, 1.82) is 0 Å². The van der Waals surface area contributed by atoms with E-state index in [9.17, 15) is 9.90 Å². The normalized spacial score (nSPS) is 20.7. The molecule has 1 aromatic rings. The maximum atomic E-state index is 13.2. The molecule has 1 aliphatic heterocycles. The van der Waals surface area contributed by atoms with E-state index in [-0.39, 0.29) is 35.8 Å². The van der Waals surface area contributed by atoms with Gasteiger partial charge in [0.2, 0.25) is 5.91 Å². The average molecular weight is 567 g/mol. The molecular weight excluding hydrogens is 512 g/mol. The largest absolute Gasteiger partial charge is 0.493 e. The van der Waals surface area contributed by atoms with Crippen LogP contribution in [0.4, 0.5) is 0 Å². The second-order valence-corrected chi connectivity index (χ2v) is 11.8. The fourth-order valence-electron chi connectivity index (χ4n) is 5.23. The minimum atomic E-state index is -0.788. The van der Waals surface area contributed by atoms with Crippen molar-refractivity contribution in [2.45, 2.75) is 84.1 Å². The maximum absolute atomic E-state index is 13.2. The number of hydrogen-bond donors (Lipinski definition) is 3. The van der Waals surface area contributed by atoms with Gasteiger partial charge in [-0.1, -0.05) is 33.8 Å². The summed E-state index contributed by atoms with van der Waals surface area (Å²) in [6, 6.07) is 5.49. The summed E-state index contributed by atoms with van der Waals surface area (Å²) in [6.45, 7) is 10.6. The van der Waals surface area contributed by atoms with Gasteiger partial charge in [-0.05, 0) is 61.1 Å². The van der Waals surface area contributed by atoms with E-state index in [1.54, 1.807) is 21.3 Å². The lowest BCUT2D eigenvalue weighted by atomic mass is 9.80. The summed E-state index contributed by atoms with van der Waals surface area (Å²) in [7, 11) is 4.97. The van der Waals surface area contributed by atoms with Crippen LogP contribution >= 0.6 is 0 Å². The molecule has 0 saturated carbocycles. The van der Waals surface area contributed by atoms with Crippen molar-refractivity contribution >= 4 is 5.91 Å². The number of amides is 1. The lowest BCUT2D eigenvalue weighted by molar-refractivity contribution is -0.130. The summed E-state index contributed by atoms with van der Waals surface area (Å²) in [6.07, 6.45) is 2.47. The van der Waals surface area contributed by atoms with Crippen LogP contribution < -0.4 is 20.5 Å². The minimum absolute atomic E-state index is 0.0208. The number of hydrogen-bond acceptors (Lipinski definition) is 8. The standard InChI is InChI=1S/C31H54N2O7/c1-20(2)23(13-22-9-10-29(38-7)30(14-22)40-12-8-11-36-5)15-27(32)28(34)17-26(21(3)4)31(35)33-24-16-25(37-6)19-39-18-24/h9-10,14,20-21,23-28,34H,8,11-13,15-19,32H2,1-7H3,(H,33,35)/t23?,24-,25-,26?,27?,28?/m1/s1. The van der Waals surface area contributed by atoms with Crippen molar-refractivity contribution in [2.24, 2.45) is 29.4 Å². The zero-order valence-corrected chi connectivity index (χ0v) is 25.7. The zero-order valence-electron chi connectivity index (χ0n) is 25.7. The SMILES string of the molecule is COCCCOc1cc(CC(CC(N)C(O)CC(C(=O)N[C@H]2COC[C@H](OC)C2)C(C)C)C(C)C)ccc1OC. The van der Waals surface area contributed by atoms with E-state index in [1.807, 2.05) is 26.0 Å². The molecule has 1 heterocycles. The summed E-state index contributed by atoms with van der Waals surface area (Å²) in [5, 5.41) is 14.2. The van der Waals surface area contributed by atoms with Gasteiger partial charge in [-0.2, -0.15) is 0 Å². The number of nitrogens with one attached hydrogen (secondary N) is 1. The number of nitrogens with two attached hydrogens (primary N) is 1. The summed E-state index contributed by atoms with van der Waals surface area (Å²) in [5.74, 6) is 1.67. The van der Waals surface area contributed by atoms with Crippen molar-refractivity contribution in [3.8, 4) is 11.5 Å². The van der Waals surface area contributed by atoms with Gasteiger partial charge in [0.25, 0.3) is 0 Å². The fourth-order valence-corrected chi connectivity index (χ4v) is 5.23. The molecule has 0 radical (unpaired) electrons. The molecule has 0 aromatic heterocycles. The molecule has 1 saturated heterocycles. The van der Waals surface area contributed by atoms with Crippen LogP contribution in [0.1, 0.15) is 58.9 Å². The molecule has 4 unspecified atom stereocenters. The Hall–Kier alpha value is -1.91. The number of benzene rings is 1. The third-order valence-corrected chi connectivity index (χ3v) is 7.98. The molecular formula is C31H54N2O7. The van der Waals surface area contributed by atoms with Gasteiger partial charge in [0.05, 0.1) is 45.2 Å². The van der Waals surface area contributed by atoms with Crippen LogP contribution in [0.5, 0.6) is 11.5 Å². The van der Waals surface area contributed by atoms with E-state index in [0.29, 0.717) is 56.7 Å². The molecule has 40 heavy (non-hydrogen) atoms. The Balaban J connectivity index is 2.00. The number of ether oxygens (including phenoxy) is 5. The predicted molar refractivity (Wildman–Crippen MR) is 157 cm³/mol. The van der Waals surface area contributed by atoms with Gasteiger partial charge < -0.3 is 39.8 Å². The number of aliphatic hydroxyl groups excluding tert-OH is 1. The molecule has 1 aromatic carbocycles. The molecule has 1 fully saturated rings. The summed E-state index contributed by atoms with van der Waals surface area (Å²) >= 11 is 0. The Kier molecular flexibility index (Phi) is 15.3. The topological polar surface area (TPSA) is 122 Å². The van der Waals surface area contributed by atoms with Crippen LogP contribution in [-0.2, 0) is 25.4 Å². The molecule has 6 atom stereocenters. The molecule has 2 rings (SSSR count). The van der Waals surface area contributed by atoms with Gasteiger partial charge in [-0.25, -0.2) is 0 Å². The maximum Gasteiger partial charge on any atom is 0.223 e. The molecule has 0 spiro atoms. The molecule has 4 N–H and O–H groups in total. The first kappa shape index (κ1) is 34.3. The zero-order chi connectivity index (χ0) is 29.7. The van der Waals surface area contributed by atoms with Crippen LogP contribution in [0.3, 0.4) is 0 Å². The Morgan fingerprint density at radius 1 is 1.07 bits per heavy atom. The highest BCUT2D eigenvalue weighted by atomic mass is 16.5. The Morgan fingerprint density at radius 2 is 1.82 bits per heavy atom. The van der Waals surface area contributed by atoms with E-state index in [4.69, 9.17) is 29.4 Å². The van der Waals surface area contributed by atoms with E-state index >= 15 is 0 Å². The Morgan fingerprint density at radius 3 is 2.45 bits per heavy atom. The van der Waals surface area contributed by atoms with Crippen LogP contribution in [0.25, 0.3) is 0 Å². The summed E-state index contributed by atoms with van der Waals surface area (Å²) < 4.78 is 27.5. The lowest BCUT2D eigenvalue weighted by Gasteiger charge is -2.32. The molecule has 9 heteroatoms. The molecule has 0 aliphatic carbocycles. The summed E-state index contributed by atoms with van der Waals surface area (Å²) in [5.41, 5.74) is 7.70. The molecule has 1 amide bonds. The monoisotopic (exact) mass is 566 g/mol. The van der Waals surface area contributed by atoms with E-state index in [2.05, 4.69) is 25.2 Å².